The molecule has 0 aromatic carbocycles. The molecular weight excluding hydrogens is 687 g/mol. The maximum absolute atomic E-state index is 12.4. The molecule has 0 heterocycles. The Kier molecular flexibility index (Phi) is 41.5. The van der Waals surface area contributed by atoms with Crippen LogP contribution in [-0.2, 0) is 28.5 Å². The molecule has 0 amide bonds. The zero-order chi connectivity index (χ0) is 40.5. The van der Waals surface area contributed by atoms with Crippen LogP contribution in [0.25, 0.3) is 0 Å². The van der Waals surface area contributed by atoms with Crippen molar-refractivity contribution in [2.75, 3.05) is 47.3 Å². The molecule has 0 aliphatic heterocycles. The second-order valence-corrected chi connectivity index (χ2v) is 17.0. The van der Waals surface area contributed by atoms with E-state index in [0.29, 0.717) is 51.3 Å². The van der Waals surface area contributed by atoms with Gasteiger partial charge in [-0.15, -0.1) is 0 Å². The number of carbonyl (C=O) groups excluding carboxylic acids is 2. The SMILES string of the molecule is CCCCCC(CCCCC)CCOC(=O)CCCCCCCC(CCCCCCCC(=O)OCCC(CCCCC)CCCCC)OCOCCN(C)C. The molecule has 0 saturated carbocycles. The third-order valence-electron chi connectivity index (χ3n) is 11.3. The molecule has 7 heteroatoms. The highest BCUT2D eigenvalue weighted by molar-refractivity contribution is 5.69. The number of nitrogens with zero attached hydrogens (tertiary/aromatic N) is 1. The molecule has 0 rings (SSSR count). The van der Waals surface area contributed by atoms with E-state index in [9.17, 15) is 9.59 Å². The molecule has 0 atom stereocenters. The number of hydrogen-bond donors (Lipinski definition) is 0. The fraction of sp³-hybridized carbons (Fsp3) is 0.958. The summed E-state index contributed by atoms with van der Waals surface area (Å²) in [5.41, 5.74) is 0. The first-order valence-electron chi connectivity index (χ1n) is 24.0. The van der Waals surface area contributed by atoms with Crippen molar-refractivity contribution in [3.63, 3.8) is 0 Å². The van der Waals surface area contributed by atoms with Gasteiger partial charge in [0.1, 0.15) is 6.79 Å². The lowest BCUT2D eigenvalue weighted by Gasteiger charge is -2.19. The van der Waals surface area contributed by atoms with Crippen LogP contribution in [0.3, 0.4) is 0 Å². The zero-order valence-electron chi connectivity index (χ0n) is 37.8. The van der Waals surface area contributed by atoms with E-state index in [4.69, 9.17) is 18.9 Å². The van der Waals surface area contributed by atoms with Crippen molar-refractivity contribution >= 4 is 11.9 Å². The fourth-order valence-corrected chi connectivity index (χ4v) is 7.53. The Morgan fingerprint density at radius 2 is 0.800 bits per heavy atom. The zero-order valence-corrected chi connectivity index (χ0v) is 37.8. The van der Waals surface area contributed by atoms with Crippen LogP contribution in [0.2, 0.25) is 0 Å². The van der Waals surface area contributed by atoms with Crippen molar-refractivity contribution in [1.29, 1.82) is 0 Å². The standard InChI is InChI=1S/C48H95NO6/c1-7-11-21-29-44(30-22-12-8-2)37-40-53-47(50)35-27-19-15-17-25-33-46(55-43-52-42-39-49(5)6)34-26-18-16-20-28-36-48(51)54-41-38-45(31-23-13-9-3)32-24-14-10-4/h44-46H,7-43H2,1-6H3. The average molecular weight is 782 g/mol. The van der Waals surface area contributed by atoms with Gasteiger partial charge in [-0.2, -0.15) is 0 Å². The van der Waals surface area contributed by atoms with Gasteiger partial charge in [-0.25, -0.2) is 0 Å². The second kappa shape index (κ2) is 42.4. The first-order valence-corrected chi connectivity index (χ1v) is 24.0. The smallest absolute Gasteiger partial charge is 0.305 e. The Morgan fingerprint density at radius 3 is 1.18 bits per heavy atom. The summed E-state index contributed by atoms with van der Waals surface area (Å²) in [5, 5.41) is 0. The number of unbranched alkanes of at least 4 members (excludes halogenated alkanes) is 16. The topological polar surface area (TPSA) is 74.3 Å². The Morgan fingerprint density at radius 1 is 0.436 bits per heavy atom. The first kappa shape index (κ1) is 53.8. The van der Waals surface area contributed by atoms with E-state index in [2.05, 4.69) is 46.7 Å². The summed E-state index contributed by atoms with van der Waals surface area (Å²) in [6.07, 6.45) is 37.0. The quantitative estimate of drug-likeness (QED) is 0.0346. The van der Waals surface area contributed by atoms with Gasteiger partial charge in [0.25, 0.3) is 0 Å². The highest BCUT2D eigenvalue weighted by Gasteiger charge is 2.13. The number of esters is 2. The minimum Gasteiger partial charge on any atom is -0.466 e. The lowest BCUT2D eigenvalue weighted by molar-refractivity contribution is -0.145. The molecule has 0 aliphatic carbocycles. The van der Waals surface area contributed by atoms with Crippen molar-refractivity contribution in [3.8, 4) is 0 Å². The molecule has 0 aliphatic rings. The maximum Gasteiger partial charge on any atom is 0.305 e. The third kappa shape index (κ3) is 39.4. The summed E-state index contributed by atoms with van der Waals surface area (Å²) < 4.78 is 23.2. The Balaban J connectivity index is 4.23. The molecule has 0 N–H and O–H groups in total. The van der Waals surface area contributed by atoms with E-state index in [-0.39, 0.29) is 18.0 Å². The van der Waals surface area contributed by atoms with Crippen molar-refractivity contribution in [2.24, 2.45) is 11.8 Å². The normalized spacial score (nSPS) is 11.8. The van der Waals surface area contributed by atoms with Crippen molar-refractivity contribution in [3.05, 3.63) is 0 Å². The van der Waals surface area contributed by atoms with Crippen molar-refractivity contribution in [1.82, 2.24) is 4.90 Å². The van der Waals surface area contributed by atoms with Gasteiger partial charge in [0.15, 0.2) is 0 Å². The Labute approximate surface area is 342 Å². The molecule has 0 bridgehead atoms. The summed E-state index contributed by atoms with van der Waals surface area (Å²) in [6.45, 7) is 12.2. The monoisotopic (exact) mass is 782 g/mol. The van der Waals surface area contributed by atoms with Gasteiger partial charge < -0.3 is 23.8 Å². The first-order chi connectivity index (χ1) is 26.9. The molecular formula is C48H95NO6. The van der Waals surface area contributed by atoms with E-state index in [0.717, 1.165) is 83.6 Å². The summed E-state index contributed by atoms with van der Waals surface area (Å²) in [6, 6.07) is 0. The Hall–Kier alpha value is -1.18. The summed E-state index contributed by atoms with van der Waals surface area (Å²) in [7, 11) is 4.11. The summed E-state index contributed by atoms with van der Waals surface area (Å²) in [5.74, 6) is 1.38. The van der Waals surface area contributed by atoms with Crippen LogP contribution in [0.4, 0.5) is 0 Å². The van der Waals surface area contributed by atoms with E-state index < -0.39 is 0 Å². The highest BCUT2D eigenvalue weighted by atomic mass is 16.7. The highest BCUT2D eigenvalue weighted by Crippen LogP contribution is 2.23. The predicted octanol–water partition coefficient (Wildman–Crippen LogP) is 13.8. The molecule has 0 aromatic rings. The second-order valence-electron chi connectivity index (χ2n) is 17.0. The maximum atomic E-state index is 12.4. The number of carbonyl (C=O) groups is 2. The van der Waals surface area contributed by atoms with Crippen molar-refractivity contribution in [2.45, 2.75) is 239 Å². The summed E-state index contributed by atoms with van der Waals surface area (Å²) >= 11 is 0. The van der Waals surface area contributed by atoms with Crippen LogP contribution in [-0.4, -0.2) is 70.2 Å². The van der Waals surface area contributed by atoms with Gasteiger partial charge in [-0.1, -0.05) is 182 Å². The number of ether oxygens (including phenoxy) is 4. The van der Waals surface area contributed by atoms with Gasteiger partial charge in [-0.05, 0) is 64.5 Å². The van der Waals surface area contributed by atoms with Crippen LogP contribution in [0.15, 0.2) is 0 Å². The molecule has 0 unspecified atom stereocenters. The van der Waals surface area contributed by atoms with Gasteiger partial charge >= 0.3 is 11.9 Å². The summed E-state index contributed by atoms with van der Waals surface area (Å²) in [4.78, 5) is 26.9. The minimum absolute atomic E-state index is 0.0155. The molecule has 0 aromatic heterocycles. The average Bonchev–Trinajstić information content (AvgIpc) is 3.16. The molecule has 328 valence electrons. The molecule has 0 radical (unpaired) electrons. The lowest BCUT2D eigenvalue weighted by atomic mass is 9.92. The molecule has 0 saturated heterocycles. The van der Waals surface area contributed by atoms with E-state index in [1.165, 1.54) is 116 Å². The largest absolute Gasteiger partial charge is 0.466 e. The number of hydrogen-bond acceptors (Lipinski definition) is 7. The fourth-order valence-electron chi connectivity index (χ4n) is 7.53. The number of rotatable bonds is 44. The third-order valence-corrected chi connectivity index (χ3v) is 11.3. The van der Waals surface area contributed by atoms with Crippen LogP contribution in [0, 0.1) is 11.8 Å². The van der Waals surface area contributed by atoms with E-state index in [1.54, 1.807) is 0 Å². The van der Waals surface area contributed by atoms with Gasteiger partial charge in [0.2, 0.25) is 0 Å². The number of likely N-dealkylation sites (N-methyl/N-ethyl adjacent to an activating group) is 1. The van der Waals surface area contributed by atoms with Crippen LogP contribution in [0.1, 0.15) is 233 Å². The Bertz CT molecular complexity index is 731. The molecule has 0 spiro atoms. The van der Waals surface area contributed by atoms with E-state index in [1.807, 2.05) is 0 Å². The molecule has 0 fully saturated rings. The van der Waals surface area contributed by atoms with Crippen LogP contribution >= 0.6 is 0 Å². The van der Waals surface area contributed by atoms with Gasteiger partial charge in [0.05, 0.1) is 25.9 Å². The van der Waals surface area contributed by atoms with Crippen molar-refractivity contribution < 1.29 is 28.5 Å². The van der Waals surface area contributed by atoms with Gasteiger partial charge in [0, 0.05) is 19.4 Å². The van der Waals surface area contributed by atoms with Crippen LogP contribution < -0.4 is 0 Å². The van der Waals surface area contributed by atoms with E-state index >= 15 is 0 Å². The molecule has 55 heavy (non-hydrogen) atoms. The minimum atomic E-state index is -0.0155. The predicted molar refractivity (Wildman–Crippen MR) is 234 cm³/mol. The lowest BCUT2D eigenvalue weighted by Crippen LogP contribution is -2.21. The molecule has 7 nitrogen and oxygen atoms in total. The van der Waals surface area contributed by atoms with Gasteiger partial charge in [-0.3, -0.25) is 9.59 Å². The van der Waals surface area contributed by atoms with Crippen LogP contribution in [0.5, 0.6) is 0 Å².